The van der Waals surface area contributed by atoms with Gasteiger partial charge in [-0.15, -0.1) is 11.8 Å². The van der Waals surface area contributed by atoms with Crippen LogP contribution in [-0.2, 0) is 9.59 Å². The monoisotopic (exact) mass is 476 g/mol. The molecule has 0 saturated heterocycles. The fourth-order valence-corrected chi connectivity index (χ4v) is 5.55. The molecule has 3 N–H and O–H groups in total. The van der Waals surface area contributed by atoms with Crippen LogP contribution in [0.3, 0.4) is 0 Å². The van der Waals surface area contributed by atoms with Gasteiger partial charge in [0.1, 0.15) is 11.6 Å². The molecule has 1 atom stereocenters. The Hall–Kier alpha value is -2.55. The summed E-state index contributed by atoms with van der Waals surface area (Å²) < 4.78 is 20.3. The van der Waals surface area contributed by atoms with E-state index in [4.69, 9.17) is 9.84 Å². The number of allylic oxidation sites excluding steroid dienone is 2. The van der Waals surface area contributed by atoms with Gasteiger partial charge in [-0.1, -0.05) is 6.08 Å². The largest absolute Gasteiger partial charge is 0.490 e. The fraction of sp³-hybridized carbons (Fsp3) is 0.542. The van der Waals surface area contributed by atoms with Crippen LogP contribution in [0.15, 0.2) is 29.2 Å². The molecule has 0 aromatic heterocycles. The summed E-state index contributed by atoms with van der Waals surface area (Å²) >= 11 is 1.64. The second-order valence-corrected chi connectivity index (χ2v) is 10.1. The molecule has 2 fully saturated rings. The molecule has 33 heavy (non-hydrogen) atoms. The highest BCUT2D eigenvalue weighted by Gasteiger charge is 2.33. The van der Waals surface area contributed by atoms with E-state index >= 15 is 0 Å². The Morgan fingerprint density at radius 2 is 1.79 bits per heavy atom. The van der Waals surface area contributed by atoms with Gasteiger partial charge in [0.2, 0.25) is 5.91 Å². The van der Waals surface area contributed by atoms with Gasteiger partial charge in [0.05, 0.1) is 22.8 Å². The molecule has 2 amide bonds. The van der Waals surface area contributed by atoms with E-state index in [1.165, 1.54) is 29.9 Å². The highest BCUT2D eigenvalue weighted by atomic mass is 32.2. The van der Waals surface area contributed by atoms with Gasteiger partial charge < -0.3 is 20.5 Å². The SMILES string of the molecule is O=C(NCCNC(=O)C1CC=C(C2CC2)S1)c1ccc(O[C@H]2CC[C@@H](C(=O)O)CC2)cc1F. The number of hydrogen-bond acceptors (Lipinski definition) is 5. The molecule has 2 saturated carbocycles. The topological polar surface area (TPSA) is 105 Å². The predicted octanol–water partition coefficient (Wildman–Crippen LogP) is 3.49. The minimum atomic E-state index is -0.786. The summed E-state index contributed by atoms with van der Waals surface area (Å²) in [6.07, 6.45) is 7.47. The van der Waals surface area contributed by atoms with Crippen molar-refractivity contribution in [2.45, 2.75) is 56.3 Å². The van der Waals surface area contributed by atoms with Crippen molar-refractivity contribution in [1.82, 2.24) is 10.6 Å². The molecule has 1 aromatic rings. The lowest BCUT2D eigenvalue weighted by atomic mass is 9.87. The number of aliphatic carboxylic acids is 1. The lowest BCUT2D eigenvalue weighted by Crippen LogP contribution is -2.38. The third-order valence-corrected chi connectivity index (χ3v) is 7.77. The average Bonchev–Trinajstić information content (AvgIpc) is 3.53. The number of benzene rings is 1. The molecule has 1 heterocycles. The average molecular weight is 477 g/mol. The second kappa shape index (κ2) is 10.6. The maximum absolute atomic E-state index is 14.5. The van der Waals surface area contributed by atoms with Gasteiger partial charge >= 0.3 is 5.97 Å². The van der Waals surface area contributed by atoms with E-state index < -0.39 is 17.7 Å². The molecule has 1 aliphatic heterocycles. The smallest absolute Gasteiger partial charge is 0.306 e. The van der Waals surface area contributed by atoms with Crippen LogP contribution in [0, 0.1) is 17.7 Å². The molecule has 9 heteroatoms. The van der Waals surface area contributed by atoms with E-state index in [1.54, 1.807) is 17.8 Å². The van der Waals surface area contributed by atoms with Crippen molar-refractivity contribution >= 4 is 29.5 Å². The van der Waals surface area contributed by atoms with E-state index in [1.807, 2.05) is 0 Å². The van der Waals surface area contributed by atoms with E-state index in [9.17, 15) is 18.8 Å². The molecule has 2 aliphatic carbocycles. The molecule has 3 aliphatic rings. The van der Waals surface area contributed by atoms with Crippen LogP contribution in [0.4, 0.5) is 4.39 Å². The van der Waals surface area contributed by atoms with Crippen LogP contribution in [0.5, 0.6) is 5.75 Å². The van der Waals surface area contributed by atoms with Crippen molar-refractivity contribution in [2.75, 3.05) is 13.1 Å². The van der Waals surface area contributed by atoms with Crippen molar-refractivity contribution in [3.8, 4) is 5.75 Å². The van der Waals surface area contributed by atoms with Crippen molar-refractivity contribution in [1.29, 1.82) is 0 Å². The van der Waals surface area contributed by atoms with Gasteiger partial charge in [-0.3, -0.25) is 14.4 Å². The summed E-state index contributed by atoms with van der Waals surface area (Å²) in [5.74, 6) is -1.42. The summed E-state index contributed by atoms with van der Waals surface area (Å²) in [4.78, 5) is 37.0. The van der Waals surface area contributed by atoms with E-state index in [0.29, 0.717) is 37.4 Å². The highest BCUT2D eigenvalue weighted by molar-refractivity contribution is 8.04. The molecule has 4 rings (SSSR count). The van der Waals surface area contributed by atoms with Crippen molar-refractivity contribution in [3.05, 3.63) is 40.6 Å². The lowest BCUT2D eigenvalue weighted by Gasteiger charge is -2.26. The lowest BCUT2D eigenvalue weighted by molar-refractivity contribution is -0.143. The molecular weight excluding hydrogens is 447 g/mol. The zero-order valence-electron chi connectivity index (χ0n) is 18.3. The first-order valence-electron chi connectivity index (χ1n) is 11.5. The van der Waals surface area contributed by atoms with Crippen molar-refractivity contribution in [2.24, 2.45) is 11.8 Å². The summed E-state index contributed by atoms with van der Waals surface area (Å²) in [5.41, 5.74) is -0.0899. The zero-order valence-corrected chi connectivity index (χ0v) is 19.2. The summed E-state index contributed by atoms with van der Waals surface area (Å²) in [7, 11) is 0. The van der Waals surface area contributed by atoms with Gasteiger partial charge in [-0.25, -0.2) is 4.39 Å². The third-order valence-electron chi connectivity index (χ3n) is 6.30. The van der Waals surface area contributed by atoms with E-state index in [0.717, 1.165) is 6.42 Å². The number of carboxylic acids is 1. The summed E-state index contributed by atoms with van der Waals surface area (Å²) in [6, 6.07) is 4.11. The van der Waals surface area contributed by atoms with Gasteiger partial charge in [0.15, 0.2) is 0 Å². The number of carboxylic acid groups (broad SMARTS) is 1. The third kappa shape index (κ3) is 6.28. The number of carbonyl (C=O) groups excluding carboxylic acids is 2. The second-order valence-electron chi connectivity index (χ2n) is 8.84. The number of hydrogen-bond donors (Lipinski definition) is 3. The van der Waals surface area contributed by atoms with Crippen LogP contribution in [0.25, 0.3) is 0 Å². The van der Waals surface area contributed by atoms with Gasteiger partial charge in [-0.2, -0.15) is 0 Å². The molecule has 0 spiro atoms. The zero-order chi connectivity index (χ0) is 23.4. The summed E-state index contributed by atoms with van der Waals surface area (Å²) in [6.45, 7) is 0.484. The maximum atomic E-state index is 14.5. The number of nitrogens with one attached hydrogen (secondary N) is 2. The minimum absolute atomic E-state index is 0.0359. The first kappa shape index (κ1) is 23.6. The number of carbonyl (C=O) groups is 3. The number of amides is 2. The van der Waals surface area contributed by atoms with Gasteiger partial charge in [0, 0.05) is 19.2 Å². The number of thioether (sulfide) groups is 1. The number of halogens is 1. The number of rotatable bonds is 9. The van der Waals surface area contributed by atoms with Crippen molar-refractivity contribution in [3.63, 3.8) is 0 Å². The van der Waals surface area contributed by atoms with Crippen molar-refractivity contribution < 1.29 is 28.6 Å². The normalized spacial score (nSPS) is 24.6. The Labute approximate surface area is 196 Å². The fourth-order valence-electron chi connectivity index (χ4n) is 4.22. The van der Waals surface area contributed by atoms with Gasteiger partial charge in [0.25, 0.3) is 5.91 Å². The minimum Gasteiger partial charge on any atom is -0.490 e. The Kier molecular flexibility index (Phi) is 7.57. The van der Waals surface area contributed by atoms with Crippen LogP contribution in [-0.4, -0.2) is 47.3 Å². The maximum Gasteiger partial charge on any atom is 0.306 e. The molecule has 0 bridgehead atoms. The number of ether oxygens (including phenoxy) is 1. The Balaban J connectivity index is 1.17. The van der Waals surface area contributed by atoms with Crippen LogP contribution in [0.1, 0.15) is 55.3 Å². The first-order valence-corrected chi connectivity index (χ1v) is 12.4. The molecule has 7 nitrogen and oxygen atoms in total. The van der Waals surface area contributed by atoms with Gasteiger partial charge in [-0.05, 0) is 67.9 Å². The summed E-state index contributed by atoms with van der Waals surface area (Å²) in [5, 5.41) is 14.4. The Bertz CT molecular complexity index is 941. The first-order chi connectivity index (χ1) is 15.9. The quantitative estimate of drug-likeness (QED) is 0.471. The van der Waals surface area contributed by atoms with E-state index in [-0.39, 0.29) is 41.8 Å². The molecule has 1 unspecified atom stereocenters. The van der Waals surface area contributed by atoms with E-state index in [2.05, 4.69) is 16.7 Å². The standard InChI is InChI=1S/C24H29FN2O5S/c25-19-13-17(32-16-5-3-15(4-6-16)24(30)31)7-8-18(19)22(28)26-11-12-27-23(29)21-10-9-20(33-21)14-1-2-14/h7-9,13-16,21H,1-6,10-12H2,(H,26,28)(H,27,29)(H,30,31)/t15-,16+,21?. The predicted molar refractivity (Wildman–Crippen MR) is 123 cm³/mol. The van der Waals surface area contributed by atoms with Crippen LogP contribution < -0.4 is 15.4 Å². The highest BCUT2D eigenvalue weighted by Crippen LogP contribution is 2.47. The Morgan fingerprint density at radius 1 is 1.06 bits per heavy atom. The molecule has 1 aromatic carbocycles. The molecule has 178 valence electrons. The molecule has 0 radical (unpaired) electrons. The van der Waals surface area contributed by atoms with Crippen LogP contribution >= 0.6 is 11.8 Å². The molecular formula is C24H29FN2O5S. The van der Waals surface area contributed by atoms with Crippen LogP contribution in [0.2, 0.25) is 0 Å². The Morgan fingerprint density at radius 3 is 2.45 bits per heavy atom.